The van der Waals surface area contributed by atoms with Crippen LogP contribution in [0.1, 0.15) is 0 Å². The number of rotatable bonds is 3. The summed E-state index contributed by atoms with van der Waals surface area (Å²) in [6.45, 7) is 0. The van der Waals surface area contributed by atoms with Gasteiger partial charge in [-0.25, -0.2) is 10.2 Å². The summed E-state index contributed by atoms with van der Waals surface area (Å²) in [5.41, 5.74) is 5.71. The highest BCUT2D eigenvalue weighted by Crippen LogP contribution is 2.06. The third-order valence-electron chi connectivity index (χ3n) is 1.97. The molecule has 3 N–H and O–H groups in total. The standard InChI is InChI=1S/C11H10ClN5O/c12-9-6-7-10(15-14-9)16-17-11(18)13-8-4-2-1-3-5-8/h1-7H,(H,15,16)(H2,13,17,18). The number of hydrogen-bond acceptors (Lipinski definition) is 4. The van der Waals surface area contributed by atoms with Crippen molar-refractivity contribution in [3.05, 3.63) is 47.6 Å². The van der Waals surface area contributed by atoms with Gasteiger partial charge in [-0.2, -0.15) is 0 Å². The Hall–Kier alpha value is -2.34. The van der Waals surface area contributed by atoms with Crippen LogP contribution in [0.25, 0.3) is 0 Å². The molecule has 0 fully saturated rings. The molecule has 92 valence electrons. The van der Waals surface area contributed by atoms with Crippen molar-refractivity contribution in [1.82, 2.24) is 15.6 Å². The normalized spacial score (nSPS) is 9.61. The number of carbonyl (C=O) groups is 1. The van der Waals surface area contributed by atoms with Gasteiger partial charge in [0.25, 0.3) is 0 Å². The second-order valence-electron chi connectivity index (χ2n) is 3.31. The van der Waals surface area contributed by atoms with Gasteiger partial charge in [-0.15, -0.1) is 10.2 Å². The maximum Gasteiger partial charge on any atom is 0.337 e. The van der Waals surface area contributed by atoms with E-state index in [1.807, 2.05) is 18.2 Å². The first kappa shape index (κ1) is 12.1. The van der Waals surface area contributed by atoms with Crippen LogP contribution in [-0.4, -0.2) is 16.2 Å². The zero-order valence-electron chi connectivity index (χ0n) is 9.22. The number of benzene rings is 1. The fourth-order valence-electron chi connectivity index (χ4n) is 1.19. The summed E-state index contributed by atoms with van der Waals surface area (Å²) >= 11 is 5.58. The molecule has 0 spiro atoms. The summed E-state index contributed by atoms with van der Waals surface area (Å²) in [6, 6.07) is 11.8. The van der Waals surface area contributed by atoms with Gasteiger partial charge in [0.1, 0.15) is 0 Å². The monoisotopic (exact) mass is 263 g/mol. The van der Waals surface area contributed by atoms with E-state index in [0.717, 1.165) is 0 Å². The Bertz CT molecular complexity index is 517. The van der Waals surface area contributed by atoms with Gasteiger partial charge in [-0.05, 0) is 24.3 Å². The second kappa shape index (κ2) is 5.83. The highest BCUT2D eigenvalue weighted by atomic mass is 35.5. The topological polar surface area (TPSA) is 78.9 Å². The molecule has 0 unspecified atom stereocenters. The SMILES string of the molecule is O=C(NNc1ccc(Cl)nn1)Nc1ccccc1. The van der Waals surface area contributed by atoms with E-state index in [4.69, 9.17) is 11.6 Å². The van der Waals surface area contributed by atoms with E-state index in [0.29, 0.717) is 11.5 Å². The zero-order valence-corrected chi connectivity index (χ0v) is 9.98. The van der Waals surface area contributed by atoms with E-state index in [-0.39, 0.29) is 5.15 Å². The lowest BCUT2D eigenvalue weighted by atomic mass is 10.3. The number of aromatic nitrogens is 2. The average Bonchev–Trinajstić information content (AvgIpc) is 2.39. The number of para-hydroxylation sites is 1. The number of anilines is 2. The Balaban J connectivity index is 1.83. The van der Waals surface area contributed by atoms with Crippen molar-refractivity contribution in [3.63, 3.8) is 0 Å². The van der Waals surface area contributed by atoms with Crippen molar-refractivity contribution in [1.29, 1.82) is 0 Å². The number of halogens is 1. The number of nitrogens with zero attached hydrogens (tertiary/aromatic N) is 2. The van der Waals surface area contributed by atoms with Crippen LogP contribution in [0.15, 0.2) is 42.5 Å². The van der Waals surface area contributed by atoms with Crippen LogP contribution in [0.3, 0.4) is 0 Å². The van der Waals surface area contributed by atoms with Crippen molar-refractivity contribution in [3.8, 4) is 0 Å². The smallest absolute Gasteiger partial charge is 0.307 e. The third kappa shape index (κ3) is 3.60. The quantitative estimate of drug-likeness (QED) is 0.743. The lowest BCUT2D eigenvalue weighted by Crippen LogP contribution is -2.33. The van der Waals surface area contributed by atoms with Crippen LogP contribution in [0.4, 0.5) is 16.3 Å². The molecule has 0 aliphatic heterocycles. The lowest BCUT2D eigenvalue weighted by molar-refractivity contribution is 0.254. The molecular weight excluding hydrogens is 254 g/mol. The van der Waals surface area contributed by atoms with Gasteiger partial charge in [0.2, 0.25) is 0 Å². The van der Waals surface area contributed by atoms with Gasteiger partial charge >= 0.3 is 6.03 Å². The molecule has 0 saturated heterocycles. The highest BCUT2D eigenvalue weighted by Gasteiger charge is 2.01. The molecular formula is C11H10ClN5O. The number of hydrogen-bond donors (Lipinski definition) is 3. The zero-order chi connectivity index (χ0) is 12.8. The Labute approximate surface area is 108 Å². The first-order chi connectivity index (χ1) is 8.74. The molecule has 6 nitrogen and oxygen atoms in total. The summed E-state index contributed by atoms with van der Waals surface area (Å²) in [6.07, 6.45) is 0. The number of amides is 2. The van der Waals surface area contributed by atoms with Crippen molar-refractivity contribution in [2.45, 2.75) is 0 Å². The number of nitrogens with one attached hydrogen (secondary N) is 3. The average molecular weight is 264 g/mol. The number of urea groups is 1. The van der Waals surface area contributed by atoms with Crippen LogP contribution in [0.5, 0.6) is 0 Å². The first-order valence-electron chi connectivity index (χ1n) is 5.11. The molecule has 7 heteroatoms. The van der Waals surface area contributed by atoms with Gasteiger partial charge in [0, 0.05) is 5.69 Å². The summed E-state index contributed by atoms with van der Waals surface area (Å²) in [7, 11) is 0. The van der Waals surface area contributed by atoms with Crippen LogP contribution in [-0.2, 0) is 0 Å². The van der Waals surface area contributed by atoms with Gasteiger partial charge in [-0.1, -0.05) is 29.8 Å². The van der Waals surface area contributed by atoms with Gasteiger partial charge in [0.15, 0.2) is 11.0 Å². The Morgan fingerprint density at radius 3 is 2.50 bits per heavy atom. The van der Waals surface area contributed by atoms with E-state index >= 15 is 0 Å². The third-order valence-corrected chi connectivity index (χ3v) is 2.17. The molecule has 2 aromatic rings. The minimum atomic E-state index is -0.405. The molecule has 1 heterocycles. The first-order valence-corrected chi connectivity index (χ1v) is 5.49. The maximum absolute atomic E-state index is 11.5. The molecule has 0 aliphatic rings. The molecule has 1 aromatic carbocycles. The van der Waals surface area contributed by atoms with Crippen molar-refractivity contribution in [2.24, 2.45) is 0 Å². The van der Waals surface area contributed by atoms with Gasteiger partial charge in [0.05, 0.1) is 0 Å². The number of hydrazine groups is 1. The molecule has 2 amide bonds. The van der Waals surface area contributed by atoms with E-state index in [1.54, 1.807) is 24.3 Å². The Morgan fingerprint density at radius 1 is 1.06 bits per heavy atom. The summed E-state index contributed by atoms with van der Waals surface area (Å²) < 4.78 is 0. The van der Waals surface area contributed by atoms with E-state index in [9.17, 15) is 4.79 Å². The molecule has 0 saturated carbocycles. The minimum absolute atomic E-state index is 0.286. The van der Waals surface area contributed by atoms with Crippen LogP contribution in [0.2, 0.25) is 5.15 Å². The van der Waals surface area contributed by atoms with E-state index in [1.165, 1.54) is 0 Å². The van der Waals surface area contributed by atoms with Crippen molar-refractivity contribution < 1.29 is 4.79 Å². The van der Waals surface area contributed by atoms with Gasteiger partial charge in [-0.3, -0.25) is 5.43 Å². The molecule has 0 radical (unpaired) electrons. The largest absolute Gasteiger partial charge is 0.337 e. The predicted octanol–water partition coefficient (Wildman–Crippen LogP) is 2.28. The molecule has 0 atom stereocenters. The summed E-state index contributed by atoms with van der Waals surface area (Å²) in [5, 5.41) is 10.3. The summed E-state index contributed by atoms with van der Waals surface area (Å²) in [4.78, 5) is 11.5. The Kier molecular flexibility index (Phi) is 3.93. The number of carbonyl (C=O) groups excluding carboxylic acids is 1. The van der Waals surface area contributed by atoms with Gasteiger partial charge < -0.3 is 5.32 Å². The highest BCUT2D eigenvalue weighted by molar-refractivity contribution is 6.29. The second-order valence-corrected chi connectivity index (χ2v) is 3.70. The fourth-order valence-corrected chi connectivity index (χ4v) is 1.29. The maximum atomic E-state index is 11.5. The molecule has 0 aliphatic carbocycles. The summed E-state index contributed by atoms with van der Waals surface area (Å²) in [5.74, 6) is 0.391. The van der Waals surface area contributed by atoms with Crippen molar-refractivity contribution in [2.75, 3.05) is 10.7 Å². The Morgan fingerprint density at radius 2 is 1.83 bits per heavy atom. The predicted molar refractivity (Wildman–Crippen MR) is 69.3 cm³/mol. The molecule has 18 heavy (non-hydrogen) atoms. The lowest BCUT2D eigenvalue weighted by Gasteiger charge is -2.08. The fraction of sp³-hybridized carbons (Fsp3) is 0. The molecule has 2 rings (SSSR count). The van der Waals surface area contributed by atoms with E-state index in [2.05, 4.69) is 26.4 Å². The minimum Gasteiger partial charge on any atom is -0.307 e. The molecule has 0 bridgehead atoms. The van der Waals surface area contributed by atoms with E-state index < -0.39 is 6.03 Å². The van der Waals surface area contributed by atoms with Crippen LogP contribution in [0, 0.1) is 0 Å². The van der Waals surface area contributed by atoms with Crippen LogP contribution < -0.4 is 16.2 Å². The van der Waals surface area contributed by atoms with Crippen molar-refractivity contribution >= 4 is 29.1 Å². The van der Waals surface area contributed by atoms with Crippen LogP contribution >= 0.6 is 11.6 Å². The molecule has 1 aromatic heterocycles.